The Morgan fingerprint density at radius 1 is 1.46 bits per heavy atom. The number of hydrogen-bond acceptors (Lipinski definition) is 1. The lowest BCUT2D eigenvalue weighted by molar-refractivity contribution is -0.116. The first-order valence-electron chi connectivity index (χ1n) is 3.96. The maximum absolute atomic E-state index is 12.8. The molecule has 0 heterocycles. The zero-order chi connectivity index (χ0) is 9.84. The van der Waals surface area contributed by atoms with Gasteiger partial charge in [-0.15, -0.1) is 0 Å². The molecule has 1 aromatic rings. The number of ketones is 1. The maximum Gasteiger partial charge on any atom is 0.134 e. The summed E-state index contributed by atoms with van der Waals surface area (Å²) in [4.78, 5) is 10.9. The van der Waals surface area contributed by atoms with Crippen molar-refractivity contribution in [3.8, 4) is 0 Å². The first-order valence-corrected chi connectivity index (χ1v) is 5.08. The van der Waals surface area contributed by atoms with Crippen LogP contribution in [0.25, 0.3) is 0 Å². The van der Waals surface area contributed by atoms with E-state index in [1.54, 1.807) is 6.07 Å². The van der Waals surface area contributed by atoms with E-state index < -0.39 is 0 Å². The molecule has 0 bridgehead atoms. The van der Waals surface area contributed by atoms with Gasteiger partial charge in [0.05, 0.1) is 0 Å². The minimum absolute atomic E-state index is 0.0915. The molecule has 1 rings (SSSR count). The number of carbonyl (C=O) groups is 1. The summed E-state index contributed by atoms with van der Waals surface area (Å²) in [6, 6.07) is 4.49. The molecule has 70 valence electrons. The van der Waals surface area contributed by atoms with Crippen molar-refractivity contribution in [3.05, 3.63) is 35.1 Å². The minimum Gasteiger partial charge on any atom is -0.300 e. The summed E-state index contributed by atoms with van der Waals surface area (Å²) in [6.07, 6.45) is 0.376. The van der Waals surface area contributed by atoms with Crippen LogP contribution >= 0.6 is 15.9 Å². The molecule has 0 saturated heterocycles. The van der Waals surface area contributed by atoms with Crippen molar-refractivity contribution >= 4 is 21.7 Å². The van der Waals surface area contributed by atoms with Crippen molar-refractivity contribution < 1.29 is 9.18 Å². The number of benzene rings is 1. The summed E-state index contributed by atoms with van der Waals surface area (Å²) < 4.78 is 12.8. The second kappa shape index (κ2) is 4.51. The zero-order valence-corrected chi connectivity index (χ0v) is 8.90. The highest BCUT2D eigenvalue weighted by Crippen LogP contribution is 2.15. The van der Waals surface area contributed by atoms with Gasteiger partial charge in [-0.2, -0.15) is 0 Å². The summed E-state index contributed by atoms with van der Waals surface area (Å²) in [5.74, 6) is -0.171. The minimum atomic E-state index is -0.262. The van der Waals surface area contributed by atoms with E-state index in [4.69, 9.17) is 0 Å². The van der Waals surface area contributed by atoms with Gasteiger partial charge in [0.25, 0.3) is 0 Å². The molecule has 0 spiro atoms. The van der Waals surface area contributed by atoms with Crippen molar-refractivity contribution in [2.75, 3.05) is 0 Å². The van der Waals surface area contributed by atoms with Crippen LogP contribution in [0.1, 0.15) is 18.1 Å². The Kier molecular flexibility index (Phi) is 3.60. The van der Waals surface area contributed by atoms with Gasteiger partial charge < -0.3 is 0 Å². The smallest absolute Gasteiger partial charge is 0.134 e. The van der Waals surface area contributed by atoms with E-state index in [0.29, 0.717) is 11.8 Å². The van der Waals surface area contributed by atoms with Crippen molar-refractivity contribution in [1.29, 1.82) is 0 Å². The molecule has 0 aromatic heterocycles. The second-order valence-corrected chi connectivity index (χ2v) is 3.49. The van der Waals surface area contributed by atoms with E-state index in [1.165, 1.54) is 19.1 Å². The predicted molar refractivity (Wildman–Crippen MR) is 53.4 cm³/mol. The highest BCUT2D eigenvalue weighted by molar-refractivity contribution is 9.08. The Balaban J connectivity index is 2.99. The lowest BCUT2D eigenvalue weighted by Crippen LogP contribution is -2.00. The third-order valence-electron chi connectivity index (χ3n) is 1.75. The average molecular weight is 245 g/mol. The molecule has 0 aliphatic carbocycles. The fraction of sp³-hybridized carbons (Fsp3) is 0.300. The van der Waals surface area contributed by atoms with Gasteiger partial charge in [0.2, 0.25) is 0 Å². The average Bonchev–Trinajstić information content (AvgIpc) is 2.07. The quantitative estimate of drug-likeness (QED) is 0.748. The predicted octanol–water partition coefficient (Wildman–Crippen LogP) is 2.85. The van der Waals surface area contributed by atoms with Gasteiger partial charge in [-0.25, -0.2) is 4.39 Å². The van der Waals surface area contributed by atoms with E-state index in [9.17, 15) is 9.18 Å². The standard InChI is InChI=1S/C10H10BrFO/c1-7(13)4-8-2-3-10(12)5-9(8)6-11/h2-3,5H,4,6H2,1H3. The van der Waals surface area contributed by atoms with Crippen LogP contribution in [0.2, 0.25) is 0 Å². The molecule has 0 aliphatic heterocycles. The number of rotatable bonds is 3. The van der Waals surface area contributed by atoms with Crippen LogP contribution in [-0.4, -0.2) is 5.78 Å². The number of carbonyl (C=O) groups excluding carboxylic acids is 1. The van der Waals surface area contributed by atoms with Gasteiger partial charge in [-0.3, -0.25) is 4.79 Å². The Hall–Kier alpha value is -0.700. The van der Waals surface area contributed by atoms with Crippen molar-refractivity contribution in [1.82, 2.24) is 0 Å². The van der Waals surface area contributed by atoms with E-state index in [1.807, 2.05) is 0 Å². The number of Topliss-reactive ketones (excluding diaryl/α,β-unsaturated/α-hetero) is 1. The third kappa shape index (κ3) is 2.92. The molecular weight excluding hydrogens is 235 g/mol. The van der Waals surface area contributed by atoms with E-state index in [2.05, 4.69) is 15.9 Å². The summed E-state index contributed by atoms with van der Waals surface area (Å²) in [5.41, 5.74) is 1.74. The van der Waals surface area contributed by atoms with Crippen LogP contribution in [0, 0.1) is 5.82 Å². The summed E-state index contributed by atoms with van der Waals surface area (Å²) in [7, 11) is 0. The Bertz CT molecular complexity index is 323. The first-order chi connectivity index (χ1) is 6.13. The molecule has 0 aliphatic rings. The first kappa shape index (κ1) is 10.4. The van der Waals surface area contributed by atoms with E-state index in [-0.39, 0.29) is 11.6 Å². The molecule has 1 aromatic carbocycles. The largest absolute Gasteiger partial charge is 0.300 e. The van der Waals surface area contributed by atoms with Gasteiger partial charge in [0.15, 0.2) is 0 Å². The molecule has 0 fully saturated rings. The van der Waals surface area contributed by atoms with Crippen LogP contribution in [0.5, 0.6) is 0 Å². The molecule has 3 heteroatoms. The molecule has 0 saturated carbocycles. The van der Waals surface area contributed by atoms with Crippen LogP contribution in [0.4, 0.5) is 4.39 Å². The number of hydrogen-bond donors (Lipinski definition) is 0. The highest BCUT2D eigenvalue weighted by atomic mass is 79.9. The van der Waals surface area contributed by atoms with Crippen LogP contribution in [0.15, 0.2) is 18.2 Å². The van der Waals surface area contributed by atoms with Crippen molar-refractivity contribution in [2.24, 2.45) is 0 Å². The molecule has 1 nitrogen and oxygen atoms in total. The molecule has 13 heavy (non-hydrogen) atoms. The van der Waals surface area contributed by atoms with Crippen LogP contribution in [-0.2, 0) is 16.5 Å². The lowest BCUT2D eigenvalue weighted by atomic mass is 10.0. The highest BCUT2D eigenvalue weighted by Gasteiger charge is 2.04. The number of halogens is 2. The summed E-state index contributed by atoms with van der Waals surface area (Å²) >= 11 is 3.25. The van der Waals surface area contributed by atoms with Gasteiger partial charge in [-0.05, 0) is 30.2 Å². The number of alkyl halides is 1. The van der Waals surface area contributed by atoms with Crippen LogP contribution < -0.4 is 0 Å². The SMILES string of the molecule is CC(=O)Cc1ccc(F)cc1CBr. The Morgan fingerprint density at radius 3 is 2.69 bits per heavy atom. The van der Waals surface area contributed by atoms with Crippen molar-refractivity contribution in [3.63, 3.8) is 0 Å². The zero-order valence-electron chi connectivity index (χ0n) is 7.31. The molecule has 0 amide bonds. The molecule has 0 N–H and O–H groups in total. The maximum atomic E-state index is 12.8. The Labute approximate surface area is 85.1 Å². The summed E-state index contributed by atoms with van der Waals surface area (Å²) in [5, 5.41) is 0.577. The second-order valence-electron chi connectivity index (χ2n) is 2.93. The lowest BCUT2D eigenvalue weighted by Gasteiger charge is -2.04. The monoisotopic (exact) mass is 244 g/mol. The van der Waals surface area contributed by atoms with Crippen LogP contribution in [0.3, 0.4) is 0 Å². The van der Waals surface area contributed by atoms with Gasteiger partial charge in [-0.1, -0.05) is 22.0 Å². The topological polar surface area (TPSA) is 17.1 Å². The summed E-state index contributed by atoms with van der Waals surface area (Å²) in [6.45, 7) is 1.53. The van der Waals surface area contributed by atoms with Gasteiger partial charge in [0, 0.05) is 11.8 Å². The third-order valence-corrected chi connectivity index (χ3v) is 2.36. The van der Waals surface area contributed by atoms with E-state index >= 15 is 0 Å². The normalized spacial score (nSPS) is 10.1. The molecular formula is C10H10BrFO. The van der Waals surface area contributed by atoms with Gasteiger partial charge >= 0.3 is 0 Å². The fourth-order valence-electron chi connectivity index (χ4n) is 1.16. The fourth-order valence-corrected chi connectivity index (χ4v) is 1.68. The van der Waals surface area contributed by atoms with Crippen molar-refractivity contribution in [2.45, 2.75) is 18.7 Å². The van der Waals surface area contributed by atoms with Gasteiger partial charge in [0.1, 0.15) is 11.6 Å². The molecule has 0 radical (unpaired) electrons. The molecule has 0 unspecified atom stereocenters. The van der Waals surface area contributed by atoms with E-state index in [0.717, 1.165) is 11.1 Å². The molecule has 0 atom stereocenters. The Morgan fingerprint density at radius 2 is 2.15 bits per heavy atom.